The zero-order valence-electron chi connectivity index (χ0n) is 18.5. The van der Waals surface area contributed by atoms with Crippen LogP contribution in [-0.4, -0.2) is 26.8 Å². The second-order valence-corrected chi connectivity index (χ2v) is 7.54. The van der Waals surface area contributed by atoms with Crippen LogP contribution in [0.3, 0.4) is 0 Å². The minimum Gasteiger partial charge on any atom is -0.493 e. The summed E-state index contributed by atoms with van der Waals surface area (Å²) in [5, 5.41) is 1.43. The first kappa shape index (κ1) is 21.3. The van der Waals surface area contributed by atoms with E-state index < -0.39 is 11.6 Å². The van der Waals surface area contributed by atoms with Crippen LogP contribution < -0.4 is 15.1 Å². The van der Waals surface area contributed by atoms with Crippen LogP contribution in [0.15, 0.2) is 86.4 Å². The minimum atomic E-state index is -0.517. The Hall–Kier alpha value is -4.52. The number of carbonyl (C=O) groups excluding carboxylic acids is 1. The molecule has 0 spiro atoms. The molecular weight excluding hydrogens is 436 g/mol. The zero-order valence-corrected chi connectivity index (χ0v) is 18.5. The number of methoxy groups -OCH3 is 2. The summed E-state index contributed by atoms with van der Waals surface area (Å²) in [4.78, 5) is 24.2. The summed E-state index contributed by atoms with van der Waals surface area (Å²) in [5.74, 6) is 0.990. The molecule has 2 heterocycles. The molecule has 0 N–H and O–H groups in total. The Bertz CT molecular complexity index is 1560. The van der Waals surface area contributed by atoms with Crippen molar-refractivity contribution in [3.63, 3.8) is 0 Å². The molecule has 0 unspecified atom stereocenters. The van der Waals surface area contributed by atoms with Crippen LogP contribution in [0.25, 0.3) is 44.4 Å². The van der Waals surface area contributed by atoms with E-state index in [-0.39, 0.29) is 6.61 Å². The maximum atomic E-state index is 12.5. The summed E-state index contributed by atoms with van der Waals surface area (Å²) < 4.78 is 27.6. The molecule has 0 saturated carbocycles. The van der Waals surface area contributed by atoms with Crippen molar-refractivity contribution >= 4 is 27.9 Å². The molecule has 0 bridgehead atoms. The fourth-order valence-electron chi connectivity index (χ4n) is 3.88. The average Bonchev–Trinajstić information content (AvgIpc) is 3.31. The molecule has 0 amide bonds. The van der Waals surface area contributed by atoms with Crippen molar-refractivity contribution in [2.75, 3.05) is 20.8 Å². The summed E-state index contributed by atoms with van der Waals surface area (Å²) in [6.07, 6.45) is 0. The molecule has 7 heteroatoms. The van der Waals surface area contributed by atoms with E-state index in [2.05, 4.69) is 0 Å². The molecule has 5 rings (SSSR count). The zero-order chi connectivity index (χ0) is 23.7. The molecule has 170 valence electrons. The van der Waals surface area contributed by atoms with Crippen molar-refractivity contribution in [2.24, 2.45) is 0 Å². The number of carbonyl (C=O) groups is 1. The van der Waals surface area contributed by atoms with Crippen molar-refractivity contribution in [3.05, 3.63) is 83.2 Å². The Labute approximate surface area is 194 Å². The van der Waals surface area contributed by atoms with E-state index in [1.165, 1.54) is 13.2 Å². The van der Waals surface area contributed by atoms with Gasteiger partial charge in [-0.1, -0.05) is 42.5 Å². The second kappa shape index (κ2) is 8.78. The minimum absolute atomic E-state index is 0.268. The number of benzene rings is 3. The molecule has 5 aromatic rings. The van der Waals surface area contributed by atoms with Crippen LogP contribution in [0.1, 0.15) is 0 Å². The molecule has 0 radical (unpaired) electrons. The number of ether oxygens (including phenoxy) is 3. The Morgan fingerprint density at radius 3 is 2.44 bits per heavy atom. The first-order valence-electron chi connectivity index (χ1n) is 10.5. The molecule has 0 aliphatic heterocycles. The van der Waals surface area contributed by atoms with Gasteiger partial charge in [-0.3, -0.25) is 0 Å². The number of rotatable bonds is 6. The van der Waals surface area contributed by atoms with Crippen molar-refractivity contribution in [1.82, 2.24) is 0 Å². The topological polar surface area (TPSA) is 88.1 Å². The first-order valence-corrected chi connectivity index (χ1v) is 10.5. The van der Waals surface area contributed by atoms with Gasteiger partial charge in [0.05, 0.1) is 14.2 Å². The summed E-state index contributed by atoms with van der Waals surface area (Å²) in [5.41, 5.74) is 2.46. The van der Waals surface area contributed by atoms with Crippen molar-refractivity contribution in [3.8, 4) is 33.9 Å². The summed E-state index contributed by atoms with van der Waals surface area (Å²) in [7, 11) is 2.87. The van der Waals surface area contributed by atoms with Crippen LogP contribution in [0.2, 0.25) is 0 Å². The lowest BCUT2D eigenvalue weighted by Crippen LogP contribution is -2.13. The van der Waals surface area contributed by atoms with Crippen molar-refractivity contribution in [2.45, 2.75) is 0 Å². The highest BCUT2D eigenvalue weighted by Gasteiger charge is 2.18. The van der Waals surface area contributed by atoms with Gasteiger partial charge in [0.25, 0.3) is 0 Å². The van der Waals surface area contributed by atoms with E-state index in [1.807, 2.05) is 48.5 Å². The fourth-order valence-corrected chi connectivity index (χ4v) is 3.88. The fraction of sp³-hybridized carbons (Fsp3) is 0.111. The maximum Gasteiger partial charge on any atom is 0.343 e. The van der Waals surface area contributed by atoms with E-state index in [4.69, 9.17) is 23.0 Å². The molecule has 7 nitrogen and oxygen atoms in total. The van der Waals surface area contributed by atoms with Crippen molar-refractivity contribution < 1.29 is 27.8 Å². The Kier molecular flexibility index (Phi) is 5.51. The van der Waals surface area contributed by atoms with Gasteiger partial charge in [0.2, 0.25) is 0 Å². The third-order valence-corrected chi connectivity index (χ3v) is 5.50. The van der Waals surface area contributed by atoms with Gasteiger partial charge in [0.15, 0.2) is 17.9 Å². The normalized spacial score (nSPS) is 11.0. The maximum absolute atomic E-state index is 12.5. The number of esters is 1. The van der Waals surface area contributed by atoms with Gasteiger partial charge in [-0.15, -0.1) is 0 Å². The van der Waals surface area contributed by atoms with Gasteiger partial charge >= 0.3 is 11.6 Å². The van der Waals surface area contributed by atoms with Gasteiger partial charge in [-0.2, -0.15) is 0 Å². The first-order chi connectivity index (χ1) is 16.6. The highest BCUT2D eigenvalue weighted by Crippen LogP contribution is 2.40. The van der Waals surface area contributed by atoms with Crippen molar-refractivity contribution in [1.29, 1.82) is 0 Å². The predicted molar refractivity (Wildman–Crippen MR) is 127 cm³/mol. The Morgan fingerprint density at radius 2 is 1.68 bits per heavy atom. The highest BCUT2D eigenvalue weighted by atomic mass is 16.6. The van der Waals surface area contributed by atoms with E-state index in [9.17, 15) is 9.59 Å². The van der Waals surface area contributed by atoms with Gasteiger partial charge in [-0.05, 0) is 29.8 Å². The van der Waals surface area contributed by atoms with Gasteiger partial charge in [0.1, 0.15) is 17.1 Å². The molecule has 0 saturated heterocycles. The summed E-state index contributed by atoms with van der Waals surface area (Å²) in [6.45, 7) is -0.268. The Morgan fingerprint density at radius 1 is 0.853 bits per heavy atom. The number of fused-ring (bicyclic) bond motifs is 2. The average molecular weight is 456 g/mol. The second-order valence-electron chi connectivity index (χ2n) is 7.54. The lowest BCUT2D eigenvalue weighted by atomic mass is 10.00. The van der Waals surface area contributed by atoms with Gasteiger partial charge in [-0.25, -0.2) is 9.59 Å². The number of hydrogen-bond acceptors (Lipinski definition) is 7. The van der Waals surface area contributed by atoms with E-state index in [0.717, 1.165) is 10.9 Å². The molecule has 0 fully saturated rings. The largest absolute Gasteiger partial charge is 0.493 e. The molecule has 0 aliphatic rings. The quantitative estimate of drug-likeness (QED) is 0.249. The lowest BCUT2D eigenvalue weighted by Gasteiger charge is -2.13. The van der Waals surface area contributed by atoms with Crippen LogP contribution in [-0.2, 0) is 9.53 Å². The van der Waals surface area contributed by atoms with Crippen LogP contribution in [0, 0.1) is 0 Å². The molecule has 3 aromatic carbocycles. The third-order valence-electron chi connectivity index (χ3n) is 5.50. The highest BCUT2D eigenvalue weighted by molar-refractivity contribution is 5.98. The summed E-state index contributed by atoms with van der Waals surface area (Å²) >= 11 is 0. The number of furan rings is 1. The van der Waals surface area contributed by atoms with Gasteiger partial charge < -0.3 is 23.0 Å². The molecule has 2 aromatic heterocycles. The molecular formula is C27H20O7. The van der Waals surface area contributed by atoms with E-state index in [1.54, 1.807) is 25.3 Å². The van der Waals surface area contributed by atoms with E-state index >= 15 is 0 Å². The Balaban J connectivity index is 1.74. The molecule has 0 aliphatic carbocycles. The van der Waals surface area contributed by atoms with E-state index in [0.29, 0.717) is 44.9 Å². The SMILES string of the molecule is COC(=O)COc1cc2c(-c3cc4cccc(OC)c4o3)cc(=O)oc2cc1-c1ccccc1. The molecule has 34 heavy (non-hydrogen) atoms. The van der Waals surface area contributed by atoms with Crippen LogP contribution in [0.4, 0.5) is 0 Å². The molecule has 0 atom stereocenters. The smallest absolute Gasteiger partial charge is 0.343 e. The van der Waals surface area contributed by atoms with Crippen LogP contribution >= 0.6 is 0 Å². The number of hydrogen-bond donors (Lipinski definition) is 0. The third kappa shape index (κ3) is 3.88. The standard InChI is InChI=1S/C27H20O7/c1-30-21-10-6-9-17-11-23(34-27(17)21)20-14-25(28)33-24-12-18(16-7-4-3-5-8-16)22(13-19(20)24)32-15-26(29)31-2/h3-14H,15H2,1-2H3. The lowest BCUT2D eigenvalue weighted by molar-refractivity contribution is -0.142. The van der Waals surface area contributed by atoms with Gasteiger partial charge in [0, 0.05) is 28.0 Å². The summed E-state index contributed by atoms with van der Waals surface area (Å²) in [6, 6.07) is 21.7. The number of para-hydroxylation sites is 1. The predicted octanol–water partition coefficient (Wildman–Crippen LogP) is 5.43. The monoisotopic (exact) mass is 456 g/mol. The van der Waals surface area contributed by atoms with Crippen LogP contribution in [0.5, 0.6) is 11.5 Å².